The van der Waals surface area contributed by atoms with Gasteiger partial charge >= 0.3 is 0 Å². The third kappa shape index (κ3) is 4.41. The van der Waals surface area contributed by atoms with Gasteiger partial charge < -0.3 is 4.90 Å². The van der Waals surface area contributed by atoms with Gasteiger partial charge in [0.1, 0.15) is 0 Å². The Bertz CT molecular complexity index is 746. The fourth-order valence-corrected chi connectivity index (χ4v) is 4.16. The quantitative estimate of drug-likeness (QED) is 0.756. The Morgan fingerprint density at radius 1 is 0.963 bits per heavy atom. The summed E-state index contributed by atoms with van der Waals surface area (Å²) >= 11 is 0. The van der Waals surface area contributed by atoms with E-state index < -0.39 is 0 Å². The van der Waals surface area contributed by atoms with Gasteiger partial charge in [0.05, 0.1) is 0 Å². The van der Waals surface area contributed by atoms with Crippen LogP contribution in [0.25, 0.3) is 0 Å². The number of nitrogens with zero attached hydrogens (tertiary/aromatic N) is 2. The van der Waals surface area contributed by atoms with Crippen molar-refractivity contribution in [3.8, 4) is 0 Å². The average Bonchev–Trinajstić information content (AvgIpc) is 3.55. The summed E-state index contributed by atoms with van der Waals surface area (Å²) < 4.78 is 0. The molecule has 0 spiro atoms. The molecule has 1 saturated heterocycles. The zero-order valence-corrected chi connectivity index (χ0v) is 16.3. The Kier molecular flexibility index (Phi) is 5.31. The lowest BCUT2D eigenvalue weighted by atomic mass is 9.86. The van der Waals surface area contributed by atoms with Gasteiger partial charge in [-0.15, -0.1) is 0 Å². The molecular formula is C24H30N2O. The Labute approximate surface area is 163 Å². The molecule has 1 aliphatic heterocycles. The highest BCUT2D eigenvalue weighted by atomic mass is 16.2. The smallest absolute Gasteiger partial charge is 0.226 e. The minimum absolute atomic E-state index is 0.0390. The summed E-state index contributed by atoms with van der Waals surface area (Å²) in [4.78, 5) is 17.8. The summed E-state index contributed by atoms with van der Waals surface area (Å²) in [5, 5.41) is 0. The molecular weight excluding hydrogens is 332 g/mol. The second-order valence-corrected chi connectivity index (χ2v) is 8.44. The second-order valence-electron chi connectivity index (χ2n) is 8.44. The molecule has 0 atom stereocenters. The van der Waals surface area contributed by atoms with Crippen molar-refractivity contribution in [2.45, 2.75) is 51.2 Å². The van der Waals surface area contributed by atoms with Crippen LogP contribution in [-0.4, -0.2) is 34.3 Å². The molecule has 27 heavy (non-hydrogen) atoms. The lowest BCUT2D eigenvalue weighted by Crippen LogP contribution is -2.55. The van der Waals surface area contributed by atoms with Crippen molar-refractivity contribution in [2.24, 2.45) is 5.92 Å². The van der Waals surface area contributed by atoms with E-state index in [-0.39, 0.29) is 11.5 Å². The highest BCUT2D eigenvalue weighted by Gasteiger charge is 2.43. The van der Waals surface area contributed by atoms with Gasteiger partial charge in [-0.1, -0.05) is 60.7 Å². The molecule has 4 rings (SSSR count). The predicted octanol–water partition coefficient (Wildman–Crippen LogP) is 4.48. The topological polar surface area (TPSA) is 23.6 Å². The summed E-state index contributed by atoms with van der Waals surface area (Å²) in [7, 11) is 0. The number of carbonyl (C=O) groups is 1. The van der Waals surface area contributed by atoms with Crippen molar-refractivity contribution >= 4 is 5.91 Å². The first-order chi connectivity index (χ1) is 13.1. The lowest BCUT2D eigenvalue weighted by Gasteiger charge is -2.47. The monoisotopic (exact) mass is 362 g/mol. The number of amides is 1. The number of likely N-dealkylation sites (tertiary alicyclic amines) is 1. The van der Waals surface area contributed by atoms with Crippen molar-refractivity contribution in [3.05, 3.63) is 71.8 Å². The maximum Gasteiger partial charge on any atom is 0.226 e. The molecule has 0 bridgehead atoms. The summed E-state index contributed by atoms with van der Waals surface area (Å²) in [6.45, 7) is 6.15. The Morgan fingerprint density at radius 3 is 2.07 bits per heavy atom. The molecule has 0 radical (unpaired) electrons. The SMILES string of the molecule is CC1(N(Cc2ccccc2)C(=O)C2CC2)CCN(Cc2ccccc2)CC1. The molecule has 2 fully saturated rings. The molecule has 1 amide bonds. The number of rotatable bonds is 6. The van der Waals surface area contributed by atoms with Crippen molar-refractivity contribution < 1.29 is 4.79 Å². The molecule has 1 heterocycles. The molecule has 2 aromatic rings. The van der Waals surface area contributed by atoms with Crippen LogP contribution in [-0.2, 0) is 17.9 Å². The van der Waals surface area contributed by atoms with Gasteiger partial charge in [-0.3, -0.25) is 9.69 Å². The normalized spacial score (nSPS) is 19.6. The van der Waals surface area contributed by atoms with Crippen LogP contribution in [0.15, 0.2) is 60.7 Å². The van der Waals surface area contributed by atoms with E-state index in [1.165, 1.54) is 11.1 Å². The number of hydrogen-bond acceptors (Lipinski definition) is 2. The largest absolute Gasteiger partial charge is 0.333 e. The molecule has 1 aliphatic carbocycles. The van der Waals surface area contributed by atoms with Crippen molar-refractivity contribution in [2.75, 3.05) is 13.1 Å². The Morgan fingerprint density at radius 2 is 1.52 bits per heavy atom. The molecule has 1 saturated carbocycles. The number of carbonyl (C=O) groups excluding carboxylic acids is 1. The molecule has 2 aromatic carbocycles. The van der Waals surface area contributed by atoms with Gasteiger partial charge in [0, 0.05) is 37.6 Å². The number of benzene rings is 2. The second kappa shape index (κ2) is 7.85. The van der Waals surface area contributed by atoms with Crippen molar-refractivity contribution in [1.29, 1.82) is 0 Å². The fourth-order valence-electron chi connectivity index (χ4n) is 4.16. The van der Waals surface area contributed by atoms with Gasteiger partial charge in [0.15, 0.2) is 0 Å². The standard InChI is InChI=1S/C24H30N2O/c1-24(14-16-25(17-15-24)18-20-8-4-2-5-9-20)26(23(27)22-12-13-22)19-21-10-6-3-7-11-21/h2-11,22H,12-19H2,1H3. The van der Waals surface area contributed by atoms with Gasteiger partial charge in [0.25, 0.3) is 0 Å². The molecule has 0 N–H and O–H groups in total. The minimum Gasteiger partial charge on any atom is -0.333 e. The first-order valence-corrected chi connectivity index (χ1v) is 10.3. The Balaban J connectivity index is 1.44. The fraction of sp³-hybridized carbons (Fsp3) is 0.458. The zero-order chi connectivity index (χ0) is 18.7. The van der Waals surface area contributed by atoms with E-state index in [1.54, 1.807) is 0 Å². The van der Waals surface area contributed by atoms with Crippen LogP contribution >= 0.6 is 0 Å². The lowest BCUT2D eigenvalue weighted by molar-refractivity contribution is -0.141. The zero-order valence-electron chi connectivity index (χ0n) is 16.3. The van der Waals surface area contributed by atoms with Crippen LogP contribution in [0.3, 0.4) is 0 Å². The summed E-state index contributed by atoms with van der Waals surface area (Å²) in [5.41, 5.74) is 2.57. The van der Waals surface area contributed by atoms with Crippen LogP contribution in [0.1, 0.15) is 43.7 Å². The van der Waals surface area contributed by atoms with E-state index >= 15 is 0 Å². The summed E-state index contributed by atoms with van der Waals surface area (Å²) in [6.07, 6.45) is 4.23. The summed E-state index contributed by atoms with van der Waals surface area (Å²) in [6, 6.07) is 21.2. The number of hydrogen-bond donors (Lipinski definition) is 0. The van der Waals surface area contributed by atoms with Crippen LogP contribution in [0, 0.1) is 5.92 Å². The van der Waals surface area contributed by atoms with Crippen molar-refractivity contribution in [1.82, 2.24) is 9.80 Å². The van der Waals surface area contributed by atoms with Crippen molar-refractivity contribution in [3.63, 3.8) is 0 Å². The molecule has 2 aliphatic rings. The van der Waals surface area contributed by atoms with E-state index in [4.69, 9.17) is 0 Å². The van der Waals surface area contributed by atoms with Gasteiger partial charge in [0.2, 0.25) is 5.91 Å². The highest BCUT2D eigenvalue weighted by Crippen LogP contribution is 2.37. The maximum atomic E-state index is 13.1. The Hall–Kier alpha value is -2.13. The van der Waals surface area contributed by atoms with E-state index in [0.29, 0.717) is 5.91 Å². The molecule has 3 heteroatoms. The maximum absolute atomic E-state index is 13.1. The van der Waals surface area contributed by atoms with Crippen LogP contribution in [0.2, 0.25) is 0 Å². The number of piperidine rings is 1. The molecule has 3 nitrogen and oxygen atoms in total. The van der Waals surface area contributed by atoms with Crippen LogP contribution in [0.5, 0.6) is 0 Å². The van der Waals surface area contributed by atoms with E-state index in [9.17, 15) is 4.79 Å². The van der Waals surface area contributed by atoms with Gasteiger partial charge in [-0.05, 0) is 43.7 Å². The van der Waals surface area contributed by atoms with E-state index in [1.807, 2.05) is 6.07 Å². The third-order valence-electron chi connectivity index (χ3n) is 6.21. The van der Waals surface area contributed by atoms with E-state index in [0.717, 1.165) is 51.9 Å². The first-order valence-electron chi connectivity index (χ1n) is 10.3. The average molecular weight is 363 g/mol. The molecule has 0 aromatic heterocycles. The summed E-state index contributed by atoms with van der Waals surface area (Å²) in [5.74, 6) is 0.644. The molecule has 142 valence electrons. The first kappa shape index (κ1) is 18.2. The molecule has 0 unspecified atom stereocenters. The minimum atomic E-state index is -0.0390. The van der Waals surface area contributed by atoms with E-state index in [2.05, 4.69) is 71.3 Å². The van der Waals surface area contributed by atoms with Crippen LogP contribution in [0.4, 0.5) is 0 Å². The van der Waals surface area contributed by atoms with Gasteiger partial charge in [-0.2, -0.15) is 0 Å². The third-order valence-corrected chi connectivity index (χ3v) is 6.21. The van der Waals surface area contributed by atoms with Crippen LogP contribution < -0.4 is 0 Å². The van der Waals surface area contributed by atoms with Gasteiger partial charge in [-0.25, -0.2) is 0 Å². The highest BCUT2D eigenvalue weighted by molar-refractivity contribution is 5.81. The predicted molar refractivity (Wildman–Crippen MR) is 109 cm³/mol.